The molecule has 1 aromatic rings. The van der Waals surface area contributed by atoms with Crippen molar-refractivity contribution in [3.8, 4) is 0 Å². The minimum Gasteiger partial charge on any atom is -0.481 e. The van der Waals surface area contributed by atoms with Gasteiger partial charge in [-0.2, -0.15) is 0 Å². The lowest BCUT2D eigenvalue weighted by Crippen LogP contribution is -2.43. The number of carbonyl (C=O) groups is 1. The Kier molecular flexibility index (Phi) is 5.60. The average molecular weight is 385 g/mol. The molecule has 0 aliphatic rings. The molecule has 0 saturated carbocycles. The van der Waals surface area contributed by atoms with Gasteiger partial charge >= 0.3 is 5.97 Å². The molecule has 0 aliphatic heterocycles. The van der Waals surface area contributed by atoms with Crippen molar-refractivity contribution >= 4 is 43.5 Å². The van der Waals surface area contributed by atoms with E-state index in [0.29, 0.717) is 9.50 Å². The van der Waals surface area contributed by atoms with Gasteiger partial charge in [0.25, 0.3) is 0 Å². The van der Waals surface area contributed by atoms with Crippen LogP contribution < -0.4 is 4.72 Å². The number of sulfonamides is 1. The fraction of sp³-hybridized carbons (Fsp3) is 0.417. The summed E-state index contributed by atoms with van der Waals surface area (Å²) in [6.07, 6.45) is 0.0735. The first-order valence-corrected chi connectivity index (χ1v) is 8.40. The maximum Gasteiger partial charge on any atom is 0.303 e. The highest BCUT2D eigenvalue weighted by Crippen LogP contribution is 2.27. The Labute approximate surface area is 131 Å². The van der Waals surface area contributed by atoms with Crippen molar-refractivity contribution in [3.05, 3.63) is 27.7 Å². The fourth-order valence-corrected chi connectivity index (χ4v) is 4.41. The molecule has 1 aromatic carbocycles. The molecule has 112 valence electrons. The molecule has 2 N–H and O–H groups in total. The zero-order valence-corrected chi connectivity index (χ0v) is 14.1. The number of halogens is 2. The minimum absolute atomic E-state index is 0.0605. The third kappa shape index (κ3) is 5.05. The molecule has 0 bridgehead atoms. The standard InChI is InChI=1S/C12H15BrClNO4S/c1-12(2,6-5-11(16)17)15-20(18,19)10-4-3-8(14)7-9(10)13/h3-4,7,15H,5-6H2,1-2H3,(H,16,17). The lowest BCUT2D eigenvalue weighted by atomic mass is 10.0. The van der Waals surface area contributed by atoms with Crippen LogP contribution in [0.3, 0.4) is 0 Å². The van der Waals surface area contributed by atoms with Gasteiger partial charge in [0.2, 0.25) is 10.0 Å². The van der Waals surface area contributed by atoms with Crippen LogP contribution in [0.15, 0.2) is 27.6 Å². The van der Waals surface area contributed by atoms with Crippen molar-refractivity contribution in [2.45, 2.75) is 37.1 Å². The molecule has 0 radical (unpaired) electrons. The smallest absolute Gasteiger partial charge is 0.303 e. The SMILES string of the molecule is CC(C)(CCC(=O)O)NS(=O)(=O)c1ccc(Cl)cc1Br. The van der Waals surface area contributed by atoms with Crippen LogP contribution >= 0.6 is 27.5 Å². The summed E-state index contributed by atoms with van der Waals surface area (Å²) >= 11 is 8.93. The number of hydrogen-bond donors (Lipinski definition) is 2. The van der Waals surface area contributed by atoms with Gasteiger partial charge in [-0.15, -0.1) is 0 Å². The highest BCUT2D eigenvalue weighted by molar-refractivity contribution is 9.10. The summed E-state index contributed by atoms with van der Waals surface area (Å²) in [5, 5.41) is 9.08. The van der Waals surface area contributed by atoms with Crippen LogP contribution in [-0.2, 0) is 14.8 Å². The number of rotatable bonds is 6. The first-order valence-electron chi connectivity index (χ1n) is 5.74. The summed E-state index contributed by atoms with van der Waals surface area (Å²) in [5.74, 6) is -0.968. The van der Waals surface area contributed by atoms with Gasteiger partial charge in [0, 0.05) is 21.5 Å². The molecule has 0 heterocycles. The Balaban J connectivity index is 2.97. The number of carboxylic acid groups (broad SMARTS) is 1. The molecule has 0 spiro atoms. The topological polar surface area (TPSA) is 83.5 Å². The second-order valence-corrected chi connectivity index (χ2v) is 7.90. The van der Waals surface area contributed by atoms with E-state index in [4.69, 9.17) is 16.7 Å². The van der Waals surface area contributed by atoms with Gasteiger partial charge in [-0.3, -0.25) is 4.79 Å². The summed E-state index contributed by atoms with van der Waals surface area (Å²) < 4.78 is 27.4. The van der Waals surface area contributed by atoms with Crippen LogP contribution in [0.25, 0.3) is 0 Å². The Morgan fingerprint density at radius 3 is 2.55 bits per heavy atom. The van der Waals surface area contributed by atoms with E-state index in [1.165, 1.54) is 18.2 Å². The maximum absolute atomic E-state index is 12.3. The van der Waals surface area contributed by atoms with E-state index >= 15 is 0 Å². The predicted octanol–water partition coefficient (Wildman–Crippen LogP) is 3.02. The monoisotopic (exact) mass is 383 g/mol. The third-order valence-corrected chi connectivity index (χ3v) is 5.47. The molecule has 0 fully saturated rings. The fourth-order valence-electron chi connectivity index (χ4n) is 1.58. The summed E-state index contributed by atoms with van der Waals surface area (Å²) in [5.41, 5.74) is -0.865. The third-order valence-electron chi connectivity index (χ3n) is 2.56. The quantitative estimate of drug-likeness (QED) is 0.789. The molecular formula is C12H15BrClNO4S. The Hall–Kier alpha value is -0.630. The van der Waals surface area contributed by atoms with Crippen molar-refractivity contribution in [3.63, 3.8) is 0 Å². The molecule has 0 unspecified atom stereocenters. The van der Waals surface area contributed by atoms with E-state index < -0.39 is 21.5 Å². The van der Waals surface area contributed by atoms with Gasteiger partial charge < -0.3 is 5.11 Å². The first-order chi connectivity index (χ1) is 9.03. The number of hydrogen-bond acceptors (Lipinski definition) is 3. The van der Waals surface area contributed by atoms with E-state index in [1.807, 2.05) is 0 Å². The maximum atomic E-state index is 12.3. The van der Waals surface area contributed by atoms with Gasteiger partial charge in [-0.25, -0.2) is 13.1 Å². The van der Waals surface area contributed by atoms with Crippen molar-refractivity contribution < 1.29 is 18.3 Å². The van der Waals surface area contributed by atoms with E-state index in [9.17, 15) is 13.2 Å². The molecule has 5 nitrogen and oxygen atoms in total. The van der Waals surface area contributed by atoms with Crippen molar-refractivity contribution in [2.24, 2.45) is 0 Å². The molecule has 0 saturated heterocycles. The van der Waals surface area contributed by atoms with E-state index in [0.717, 1.165) is 0 Å². The molecule has 0 atom stereocenters. The number of aliphatic carboxylic acids is 1. The number of benzene rings is 1. The second kappa shape index (κ2) is 6.43. The van der Waals surface area contributed by atoms with Gasteiger partial charge in [-0.05, 0) is 54.4 Å². The zero-order chi connectivity index (χ0) is 15.6. The summed E-state index contributed by atoms with van der Waals surface area (Å²) in [7, 11) is -3.76. The zero-order valence-electron chi connectivity index (χ0n) is 11.0. The van der Waals surface area contributed by atoms with Gasteiger partial charge in [-0.1, -0.05) is 11.6 Å². The normalized spacial score (nSPS) is 12.4. The predicted molar refractivity (Wildman–Crippen MR) is 80.4 cm³/mol. The van der Waals surface area contributed by atoms with Gasteiger partial charge in [0.1, 0.15) is 0 Å². The van der Waals surface area contributed by atoms with Gasteiger partial charge in [0.15, 0.2) is 0 Å². The van der Waals surface area contributed by atoms with Crippen LogP contribution in [0.4, 0.5) is 0 Å². The Morgan fingerprint density at radius 2 is 2.05 bits per heavy atom. The van der Waals surface area contributed by atoms with Crippen molar-refractivity contribution in [2.75, 3.05) is 0 Å². The van der Waals surface area contributed by atoms with Crippen LogP contribution in [0, 0.1) is 0 Å². The molecule has 0 amide bonds. The van der Waals surface area contributed by atoms with Crippen LogP contribution in [-0.4, -0.2) is 25.0 Å². The van der Waals surface area contributed by atoms with E-state index in [2.05, 4.69) is 20.7 Å². The Bertz CT molecular complexity index is 616. The molecule has 1 rings (SSSR count). The Morgan fingerprint density at radius 1 is 1.45 bits per heavy atom. The van der Waals surface area contributed by atoms with Crippen molar-refractivity contribution in [1.29, 1.82) is 0 Å². The molecule has 8 heteroatoms. The van der Waals surface area contributed by atoms with Crippen molar-refractivity contribution in [1.82, 2.24) is 4.72 Å². The minimum atomic E-state index is -3.76. The first kappa shape index (κ1) is 17.4. The lowest BCUT2D eigenvalue weighted by Gasteiger charge is -2.25. The van der Waals surface area contributed by atoms with Crippen LogP contribution in [0.1, 0.15) is 26.7 Å². The largest absolute Gasteiger partial charge is 0.481 e. The second-order valence-electron chi connectivity index (χ2n) is 4.96. The summed E-state index contributed by atoms with van der Waals surface area (Å²) in [4.78, 5) is 10.6. The lowest BCUT2D eigenvalue weighted by molar-refractivity contribution is -0.137. The summed E-state index contributed by atoms with van der Waals surface area (Å²) in [6, 6.07) is 4.35. The van der Waals surface area contributed by atoms with Gasteiger partial charge in [0.05, 0.1) is 4.90 Å². The number of carboxylic acids is 1. The molecule has 0 aromatic heterocycles. The highest BCUT2D eigenvalue weighted by atomic mass is 79.9. The van der Waals surface area contributed by atoms with Crippen LogP contribution in [0.2, 0.25) is 5.02 Å². The summed E-state index contributed by atoms with van der Waals surface area (Å²) in [6.45, 7) is 3.27. The molecule has 0 aliphatic carbocycles. The highest BCUT2D eigenvalue weighted by Gasteiger charge is 2.28. The van der Waals surface area contributed by atoms with Crippen LogP contribution in [0.5, 0.6) is 0 Å². The van der Waals surface area contributed by atoms with E-state index in [1.54, 1.807) is 13.8 Å². The van der Waals surface area contributed by atoms with E-state index in [-0.39, 0.29) is 17.7 Å². The molecule has 20 heavy (non-hydrogen) atoms. The molecular weight excluding hydrogens is 370 g/mol. The number of nitrogens with one attached hydrogen (secondary N) is 1. The average Bonchev–Trinajstić information content (AvgIpc) is 2.24.